The molecule has 3 nitrogen and oxygen atoms in total. The Morgan fingerprint density at radius 3 is 2.38 bits per heavy atom. The van der Waals surface area contributed by atoms with E-state index < -0.39 is 17.5 Å². The topological polar surface area (TPSA) is 32.3 Å². The Morgan fingerprint density at radius 1 is 1.17 bits per heavy atom. The van der Waals surface area contributed by atoms with Gasteiger partial charge in [-0.05, 0) is 53.7 Å². The number of rotatable bonds is 5. The molecule has 0 aliphatic rings. The van der Waals surface area contributed by atoms with Crippen LogP contribution in [0.5, 0.6) is 0 Å². The zero-order chi connectivity index (χ0) is 17.9. The van der Waals surface area contributed by atoms with E-state index in [1.54, 1.807) is 24.1 Å². The van der Waals surface area contributed by atoms with Crippen molar-refractivity contribution < 1.29 is 18.0 Å². The van der Waals surface area contributed by atoms with Crippen LogP contribution in [-0.2, 0) is 4.79 Å². The van der Waals surface area contributed by atoms with Crippen LogP contribution < -0.4 is 5.32 Å². The lowest BCUT2D eigenvalue weighted by molar-refractivity contribution is -0.117. The molecule has 1 atom stereocenters. The molecular weight excluding hydrogens is 385 g/mol. The minimum Gasteiger partial charge on any atom is -0.322 e. The van der Waals surface area contributed by atoms with Crippen molar-refractivity contribution in [3.05, 3.63) is 63.9 Å². The van der Waals surface area contributed by atoms with Crippen LogP contribution >= 0.6 is 15.9 Å². The number of nitrogens with zero attached hydrogens (tertiary/aromatic N) is 1. The molecule has 1 N–H and O–H groups in total. The molecule has 128 valence electrons. The van der Waals surface area contributed by atoms with Crippen LogP contribution in [0.3, 0.4) is 0 Å². The largest absolute Gasteiger partial charge is 0.322 e. The fourth-order valence-corrected chi connectivity index (χ4v) is 2.71. The van der Waals surface area contributed by atoms with Gasteiger partial charge in [-0.2, -0.15) is 0 Å². The van der Waals surface area contributed by atoms with Gasteiger partial charge in [-0.15, -0.1) is 0 Å². The van der Waals surface area contributed by atoms with E-state index in [0.717, 1.165) is 11.6 Å². The Hall–Kier alpha value is -1.86. The predicted molar refractivity (Wildman–Crippen MR) is 90.1 cm³/mol. The summed E-state index contributed by atoms with van der Waals surface area (Å²) in [5.74, 6) is -2.37. The second kappa shape index (κ2) is 7.81. The molecule has 1 unspecified atom stereocenters. The fourth-order valence-electron chi connectivity index (χ4n) is 2.20. The third-order valence-electron chi connectivity index (χ3n) is 3.68. The van der Waals surface area contributed by atoms with Crippen LogP contribution in [0.4, 0.5) is 18.9 Å². The Kier molecular flexibility index (Phi) is 6.01. The highest BCUT2D eigenvalue weighted by Gasteiger charge is 2.17. The predicted octanol–water partition coefficient (Wildman–Crippen LogP) is 4.50. The Balaban J connectivity index is 2.03. The van der Waals surface area contributed by atoms with Crippen molar-refractivity contribution in [3.63, 3.8) is 0 Å². The van der Waals surface area contributed by atoms with Gasteiger partial charge in [0.05, 0.1) is 12.2 Å². The molecule has 0 aliphatic carbocycles. The van der Waals surface area contributed by atoms with Gasteiger partial charge in [0.25, 0.3) is 0 Å². The van der Waals surface area contributed by atoms with Crippen molar-refractivity contribution in [1.29, 1.82) is 0 Å². The average molecular weight is 401 g/mol. The maximum Gasteiger partial charge on any atom is 0.238 e. The van der Waals surface area contributed by atoms with E-state index >= 15 is 0 Å². The smallest absolute Gasteiger partial charge is 0.238 e. The first-order valence-corrected chi connectivity index (χ1v) is 7.97. The van der Waals surface area contributed by atoms with Crippen molar-refractivity contribution in [2.24, 2.45) is 0 Å². The monoisotopic (exact) mass is 400 g/mol. The van der Waals surface area contributed by atoms with Crippen molar-refractivity contribution >= 4 is 27.5 Å². The minimum absolute atomic E-state index is 0.0121. The summed E-state index contributed by atoms with van der Waals surface area (Å²) in [6.45, 7) is 1.86. The fraction of sp³-hybridized carbons (Fsp3) is 0.235. The molecule has 0 saturated heterocycles. The Morgan fingerprint density at radius 2 is 1.79 bits per heavy atom. The van der Waals surface area contributed by atoms with Gasteiger partial charge in [-0.25, -0.2) is 13.2 Å². The summed E-state index contributed by atoms with van der Waals surface area (Å²) < 4.78 is 39.9. The Labute approximate surface area is 146 Å². The number of carbonyl (C=O) groups excluding carboxylic acids is 1. The lowest BCUT2D eigenvalue weighted by Crippen LogP contribution is -2.32. The molecule has 0 saturated carbocycles. The Bertz CT molecular complexity index is 714. The first-order valence-electron chi connectivity index (χ1n) is 7.18. The van der Waals surface area contributed by atoms with Gasteiger partial charge in [0.2, 0.25) is 5.91 Å². The molecule has 0 aromatic heterocycles. The second-order valence-corrected chi connectivity index (χ2v) is 6.29. The minimum atomic E-state index is -0.857. The molecule has 2 rings (SSSR count). The van der Waals surface area contributed by atoms with Crippen molar-refractivity contribution in [3.8, 4) is 0 Å². The SMILES string of the molecule is CC(c1ccc(F)cc1)N(C)CC(=O)Nc1c(F)cc(F)cc1Br. The van der Waals surface area contributed by atoms with Gasteiger partial charge in [0.1, 0.15) is 11.6 Å². The number of carbonyl (C=O) groups is 1. The number of likely N-dealkylation sites (N-methyl/N-ethyl adjacent to an activating group) is 1. The zero-order valence-corrected chi connectivity index (χ0v) is 14.7. The molecule has 0 bridgehead atoms. The number of anilines is 1. The number of amides is 1. The van der Waals surface area contributed by atoms with Gasteiger partial charge in [0.15, 0.2) is 5.82 Å². The first kappa shape index (κ1) is 18.5. The highest BCUT2D eigenvalue weighted by molar-refractivity contribution is 9.10. The third kappa shape index (κ3) is 4.58. The number of benzene rings is 2. The van der Waals surface area contributed by atoms with Crippen LogP contribution in [0, 0.1) is 17.5 Å². The van der Waals surface area contributed by atoms with Crippen LogP contribution in [-0.4, -0.2) is 24.4 Å². The van der Waals surface area contributed by atoms with E-state index in [0.29, 0.717) is 6.07 Å². The van der Waals surface area contributed by atoms with E-state index in [4.69, 9.17) is 0 Å². The highest BCUT2D eigenvalue weighted by atomic mass is 79.9. The van der Waals surface area contributed by atoms with Gasteiger partial charge in [-0.3, -0.25) is 9.69 Å². The summed E-state index contributed by atoms with van der Waals surface area (Å²) in [5, 5.41) is 2.42. The standard InChI is InChI=1S/C17H16BrF3N2O/c1-10(11-3-5-12(19)6-4-11)23(2)9-16(24)22-17-14(18)7-13(20)8-15(17)21/h3-8,10H,9H2,1-2H3,(H,22,24). The molecule has 0 radical (unpaired) electrons. The molecule has 7 heteroatoms. The molecule has 0 spiro atoms. The van der Waals surface area contributed by atoms with Crippen LogP contribution in [0.2, 0.25) is 0 Å². The molecule has 2 aromatic carbocycles. The maximum absolute atomic E-state index is 13.7. The molecule has 0 aliphatic heterocycles. The molecule has 2 aromatic rings. The molecule has 24 heavy (non-hydrogen) atoms. The van der Waals surface area contributed by atoms with Crippen molar-refractivity contribution in [1.82, 2.24) is 4.90 Å². The summed E-state index contributed by atoms with van der Waals surface area (Å²) in [5.41, 5.74) is 0.741. The van der Waals surface area contributed by atoms with E-state index in [1.807, 2.05) is 6.92 Å². The first-order chi connectivity index (χ1) is 11.3. The summed E-state index contributed by atoms with van der Waals surface area (Å²) >= 11 is 3.02. The molecular formula is C17H16BrF3N2O. The molecule has 0 fully saturated rings. The zero-order valence-electron chi connectivity index (χ0n) is 13.1. The normalized spacial score (nSPS) is 12.3. The number of halogens is 4. The van der Waals surface area contributed by atoms with Gasteiger partial charge >= 0.3 is 0 Å². The summed E-state index contributed by atoms with van der Waals surface area (Å²) in [4.78, 5) is 13.8. The molecule has 1 amide bonds. The third-order valence-corrected chi connectivity index (χ3v) is 4.30. The number of hydrogen-bond acceptors (Lipinski definition) is 2. The average Bonchev–Trinajstić information content (AvgIpc) is 2.50. The van der Waals surface area contributed by atoms with Gasteiger partial charge < -0.3 is 5.32 Å². The van der Waals surface area contributed by atoms with E-state index in [-0.39, 0.29) is 28.6 Å². The molecule has 0 heterocycles. The summed E-state index contributed by atoms with van der Waals surface area (Å²) in [6.07, 6.45) is 0. The summed E-state index contributed by atoms with van der Waals surface area (Å²) in [6, 6.07) is 7.62. The maximum atomic E-state index is 13.7. The highest BCUT2D eigenvalue weighted by Crippen LogP contribution is 2.27. The number of nitrogens with one attached hydrogen (secondary N) is 1. The summed E-state index contributed by atoms with van der Waals surface area (Å²) in [7, 11) is 1.73. The van der Waals surface area contributed by atoms with Gasteiger partial charge in [0, 0.05) is 16.6 Å². The quantitative estimate of drug-likeness (QED) is 0.801. The van der Waals surface area contributed by atoms with Crippen LogP contribution in [0.25, 0.3) is 0 Å². The second-order valence-electron chi connectivity index (χ2n) is 5.44. The van der Waals surface area contributed by atoms with Crippen LogP contribution in [0.1, 0.15) is 18.5 Å². The van der Waals surface area contributed by atoms with E-state index in [2.05, 4.69) is 21.2 Å². The van der Waals surface area contributed by atoms with Gasteiger partial charge in [-0.1, -0.05) is 12.1 Å². The lowest BCUT2D eigenvalue weighted by Gasteiger charge is -2.24. The lowest BCUT2D eigenvalue weighted by atomic mass is 10.1. The number of hydrogen-bond donors (Lipinski definition) is 1. The van der Waals surface area contributed by atoms with E-state index in [1.165, 1.54) is 12.1 Å². The van der Waals surface area contributed by atoms with Crippen molar-refractivity contribution in [2.45, 2.75) is 13.0 Å². The van der Waals surface area contributed by atoms with E-state index in [9.17, 15) is 18.0 Å². The van der Waals surface area contributed by atoms with Crippen molar-refractivity contribution in [2.75, 3.05) is 18.9 Å². The van der Waals surface area contributed by atoms with Crippen LogP contribution in [0.15, 0.2) is 40.9 Å².